The van der Waals surface area contributed by atoms with Gasteiger partial charge in [-0.15, -0.1) is 0 Å². The molecular weight excluding hydrogens is 294 g/mol. The smallest absolute Gasteiger partial charge is 0.407 e. The van der Waals surface area contributed by atoms with Crippen LogP contribution in [0.2, 0.25) is 0 Å². The topological polar surface area (TPSA) is 56.8 Å². The fourth-order valence-electron chi connectivity index (χ4n) is 3.01. The highest BCUT2D eigenvalue weighted by Crippen LogP contribution is 2.33. The van der Waals surface area contributed by atoms with Crippen molar-refractivity contribution in [3.8, 4) is 0 Å². The normalized spacial score (nSPS) is 28.7. The minimum atomic E-state index is -0.574. The van der Waals surface area contributed by atoms with E-state index >= 15 is 0 Å². The van der Waals surface area contributed by atoms with Crippen LogP contribution in [0.1, 0.15) is 32.3 Å². The third-order valence-corrected chi connectivity index (χ3v) is 4.02. The molecule has 1 aliphatic carbocycles. The number of carbonyl (C=O) groups excluding carboxylic acids is 1. The van der Waals surface area contributed by atoms with Gasteiger partial charge in [0.25, 0.3) is 0 Å². The van der Waals surface area contributed by atoms with Crippen LogP contribution in [-0.4, -0.2) is 30.1 Å². The average molecular weight is 317 g/mol. The van der Waals surface area contributed by atoms with Crippen LogP contribution in [0, 0.1) is 0 Å². The standard InChI is InChI=1S/C18H23NO4/c1-18(2)22-15-10-6-9-14(11-16(15)23-18)19-17(20)21-12-13-7-4-3-5-8-13/h3-8,10,14-16H,9,11-12H2,1-2H3,(H,19,20)/t14-,15-,16-/m1/s1. The van der Waals surface area contributed by atoms with Gasteiger partial charge in [0.1, 0.15) is 12.7 Å². The first-order valence-corrected chi connectivity index (χ1v) is 8.01. The maximum Gasteiger partial charge on any atom is 0.407 e. The number of carbonyl (C=O) groups is 1. The minimum absolute atomic E-state index is 0.0120. The Morgan fingerprint density at radius 3 is 2.87 bits per heavy atom. The highest BCUT2D eigenvalue weighted by Gasteiger charge is 2.41. The molecule has 0 radical (unpaired) electrons. The van der Waals surface area contributed by atoms with Gasteiger partial charge in [-0.2, -0.15) is 0 Å². The summed E-state index contributed by atoms with van der Waals surface area (Å²) in [4.78, 5) is 12.0. The van der Waals surface area contributed by atoms with Crippen molar-refractivity contribution in [1.29, 1.82) is 0 Å². The lowest BCUT2D eigenvalue weighted by Gasteiger charge is -2.21. The van der Waals surface area contributed by atoms with Crippen LogP contribution in [0.15, 0.2) is 42.5 Å². The lowest BCUT2D eigenvalue weighted by atomic mass is 10.1. The van der Waals surface area contributed by atoms with Gasteiger partial charge in [-0.25, -0.2) is 4.79 Å². The summed E-state index contributed by atoms with van der Waals surface area (Å²) in [6, 6.07) is 9.62. The van der Waals surface area contributed by atoms with Crippen LogP contribution < -0.4 is 5.32 Å². The van der Waals surface area contributed by atoms with E-state index in [0.717, 1.165) is 12.0 Å². The van der Waals surface area contributed by atoms with E-state index in [0.29, 0.717) is 6.42 Å². The van der Waals surface area contributed by atoms with Crippen molar-refractivity contribution in [2.75, 3.05) is 0 Å². The summed E-state index contributed by atoms with van der Waals surface area (Å²) >= 11 is 0. The predicted molar refractivity (Wildman–Crippen MR) is 85.7 cm³/mol. The highest BCUT2D eigenvalue weighted by atomic mass is 16.7. The van der Waals surface area contributed by atoms with Gasteiger partial charge >= 0.3 is 6.09 Å². The van der Waals surface area contributed by atoms with Crippen molar-refractivity contribution in [1.82, 2.24) is 5.32 Å². The van der Waals surface area contributed by atoms with Crippen LogP contribution in [0.3, 0.4) is 0 Å². The summed E-state index contributed by atoms with van der Waals surface area (Å²) in [7, 11) is 0. The zero-order valence-electron chi connectivity index (χ0n) is 13.5. The molecule has 0 spiro atoms. The van der Waals surface area contributed by atoms with Crippen molar-refractivity contribution in [2.45, 2.75) is 57.3 Å². The molecule has 0 aromatic heterocycles. The maximum atomic E-state index is 12.0. The lowest BCUT2D eigenvalue weighted by molar-refractivity contribution is -0.144. The molecule has 5 heteroatoms. The summed E-state index contributed by atoms with van der Waals surface area (Å²) in [5.74, 6) is -0.574. The van der Waals surface area contributed by atoms with E-state index in [1.165, 1.54) is 0 Å². The summed E-state index contributed by atoms with van der Waals surface area (Å²) in [6.45, 7) is 4.09. The molecule has 1 fully saturated rings. The number of amides is 1. The van der Waals surface area contributed by atoms with Crippen LogP contribution in [-0.2, 0) is 20.8 Å². The number of rotatable bonds is 3. The maximum absolute atomic E-state index is 12.0. The van der Waals surface area contributed by atoms with Gasteiger partial charge in [0.15, 0.2) is 5.79 Å². The Balaban J connectivity index is 1.50. The molecule has 0 saturated carbocycles. The number of nitrogens with one attached hydrogen (secondary N) is 1. The summed E-state index contributed by atoms with van der Waals surface area (Å²) in [5, 5.41) is 2.92. The first-order chi connectivity index (χ1) is 11.0. The Morgan fingerprint density at radius 2 is 2.09 bits per heavy atom. The van der Waals surface area contributed by atoms with Crippen molar-refractivity contribution in [2.24, 2.45) is 0 Å². The number of alkyl carbamates (subject to hydrolysis) is 1. The van der Waals surface area contributed by atoms with E-state index in [4.69, 9.17) is 14.2 Å². The zero-order chi connectivity index (χ0) is 16.3. The molecule has 1 aliphatic heterocycles. The second-order valence-electron chi connectivity index (χ2n) is 6.44. The summed E-state index contributed by atoms with van der Waals surface area (Å²) < 4.78 is 17.0. The zero-order valence-corrected chi connectivity index (χ0v) is 13.5. The fourth-order valence-corrected chi connectivity index (χ4v) is 3.01. The Bertz CT molecular complexity index is 570. The van der Waals surface area contributed by atoms with Gasteiger partial charge in [0.2, 0.25) is 0 Å². The minimum Gasteiger partial charge on any atom is -0.445 e. The molecule has 124 valence electrons. The number of hydrogen-bond donors (Lipinski definition) is 1. The van der Waals surface area contributed by atoms with Crippen LogP contribution >= 0.6 is 0 Å². The molecule has 3 atom stereocenters. The van der Waals surface area contributed by atoms with E-state index in [9.17, 15) is 4.79 Å². The molecule has 23 heavy (non-hydrogen) atoms. The Morgan fingerprint density at radius 1 is 1.30 bits per heavy atom. The van der Waals surface area contributed by atoms with Gasteiger partial charge in [-0.3, -0.25) is 0 Å². The van der Waals surface area contributed by atoms with E-state index in [1.54, 1.807) is 0 Å². The molecule has 1 aromatic rings. The number of fused-ring (bicyclic) bond motifs is 1. The number of benzene rings is 1. The first-order valence-electron chi connectivity index (χ1n) is 8.01. The van der Waals surface area contributed by atoms with Gasteiger partial charge in [-0.1, -0.05) is 42.5 Å². The van der Waals surface area contributed by atoms with Crippen LogP contribution in [0.4, 0.5) is 4.79 Å². The molecule has 1 saturated heterocycles. The van der Waals surface area contributed by atoms with E-state index < -0.39 is 11.9 Å². The molecule has 1 amide bonds. The molecule has 3 rings (SSSR count). The van der Waals surface area contributed by atoms with Gasteiger partial charge in [-0.05, 0) is 32.3 Å². The Kier molecular flexibility index (Phi) is 4.68. The van der Waals surface area contributed by atoms with Crippen molar-refractivity contribution < 1.29 is 19.0 Å². The van der Waals surface area contributed by atoms with Crippen molar-refractivity contribution in [3.05, 3.63) is 48.0 Å². The van der Waals surface area contributed by atoms with Crippen molar-refractivity contribution in [3.63, 3.8) is 0 Å². The van der Waals surface area contributed by atoms with E-state index in [2.05, 4.69) is 5.32 Å². The number of ether oxygens (including phenoxy) is 3. The summed E-state index contributed by atoms with van der Waals surface area (Å²) in [5.41, 5.74) is 0.970. The van der Waals surface area contributed by atoms with Gasteiger partial charge < -0.3 is 19.5 Å². The largest absolute Gasteiger partial charge is 0.445 e. The lowest BCUT2D eigenvalue weighted by Crippen LogP contribution is -2.38. The molecule has 1 aromatic carbocycles. The third-order valence-electron chi connectivity index (χ3n) is 4.02. The molecule has 5 nitrogen and oxygen atoms in total. The Labute approximate surface area is 136 Å². The van der Waals surface area contributed by atoms with Crippen LogP contribution in [0.5, 0.6) is 0 Å². The van der Waals surface area contributed by atoms with E-state index in [1.807, 2.05) is 56.3 Å². The van der Waals surface area contributed by atoms with E-state index in [-0.39, 0.29) is 24.9 Å². The molecule has 0 unspecified atom stereocenters. The fraction of sp³-hybridized carbons (Fsp3) is 0.500. The first kappa shape index (κ1) is 16.0. The highest BCUT2D eigenvalue weighted by molar-refractivity contribution is 5.67. The predicted octanol–water partition coefficient (Wildman–Crippen LogP) is 3.15. The van der Waals surface area contributed by atoms with Crippen molar-refractivity contribution >= 4 is 6.09 Å². The quantitative estimate of drug-likeness (QED) is 0.870. The summed E-state index contributed by atoms with van der Waals surface area (Å²) in [6.07, 6.45) is 5.04. The molecule has 0 bridgehead atoms. The molecular formula is C18H23NO4. The monoisotopic (exact) mass is 317 g/mol. The van der Waals surface area contributed by atoms with Gasteiger partial charge in [0, 0.05) is 6.04 Å². The average Bonchev–Trinajstić information content (AvgIpc) is 2.68. The molecule has 1 heterocycles. The third kappa shape index (κ3) is 4.33. The van der Waals surface area contributed by atoms with Gasteiger partial charge in [0.05, 0.1) is 6.10 Å². The molecule has 2 aliphatic rings. The molecule has 1 N–H and O–H groups in total. The second-order valence-corrected chi connectivity index (χ2v) is 6.44. The van der Waals surface area contributed by atoms with Crippen LogP contribution in [0.25, 0.3) is 0 Å². The Hall–Kier alpha value is -1.85. The SMILES string of the molecule is CC1(C)O[C@@H]2C=CC[C@@H](NC(=O)OCc3ccccc3)C[C@H]2O1. The number of hydrogen-bond acceptors (Lipinski definition) is 4. The second kappa shape index (κ2) is 6.72.